The molecule has 158 valence electrons. The first-order valence-corrected chi connectivity index (χ1v) is 12.0. The van der Waals surface area contributed by atoms with E-state index in [4.69, 9.17) is 4.42 Å². The van der Waals surface area contributed by atoms with Crippen molar-refractivity contribution in [1.82, 2.24) is 5.32 Å². The van der Waals surface area contributed by atoms with E-state index in [0.717, 1.165) is 22.9 Å². The van der Waals surface area contributed by atoms with Gasteiger partial charge in [0.25, 0.3) is 5.91 Å². The Morgan fingerprint density at radius 2 is 1.52 bits per heavy atom. The van der Waals surface area contributed by atoms with Crippen molar-refractivity contribution in [3.05, 3.63) is 107 Å². The van der Waals surface area contributed by atoms with E-state index in [1.807, 2.05) is 61.5 Å². The average Bonchev–Trinajstić information content (AvgIpc) is 3.10. The van der Waals surface area contributed by atoms with Crippen molar-refractivity contribution in [2.45, 2.75) is 18.7 Å². The molecule has 0 saturated heterocycles. The molecule has 0 aliphatic rings. The highest BCUT2D eigenvalue weighted by atomic mass is 32.2. The largest absolute Gasteiger partial charge is 0.451 e. The Kier molecular flexibility index (Phi) is 5.65. The third kappa shape index (κ3) is 4.70. The first kappa shape index (κ1) is 20.9. The summed E-state index contributed by atoms with van der Waals surface area (Å²) in [6.45, 7) is 2.01. The van der Waals surface area contributed by atoms with Gasteiger partial charge in [-0.25, -0.2) is 8.42 Å². The van der Waals surface area contributed by atoms with E-state index in [0.29, 0.717) is 16.5 Å². The average molecular weight is 434 g/mol. The van der Waals surface area contributed by atoms with Gasteiger partial charge in [-0.15, -0.1) is 0 Å². The van der Waals surface area contributed by atoms with Crippen LogP contribution in [0.1, 0.15) is 38.9 Å². The third-order valence-electron chi connectivity index (χ3n) is 5.13. The molecule has 1 heterocycles. The number of amides is 1. The molecular weight excluding hydrogens is 410 g/mol. The Bertz CT molecular complexity index is 1320. The van der Waals surface area contributed by atoms with Crippen molar-refractivity contribution >= 4 is 26.7 Å². The molecule has 0 fully saturated rings. The number of para-hydroxylation sites is 1. The minimum absolute atomic E-state index is 0.0275. The number of benzene rings is 3. The Labute approximate surface area is 181 Å². The second kappa shape index (κ2) is 8.40. The fourth-order valence-corrected chi connectivity index (χ4v) is 4.46. The van der Waals surface area contributed by atoms with Gasteiger partial charge in [0.2, 0.25) is 0 Å². The molecule has 3 aromatic carbocycles. The van der Waals surface area contributed by atoms with Gasteiger partial charge in [0.05, 0.1) is 11.8 Å². The van der Waals surface area contributed by atoms with Crippen LogP contribution in [0.2, 0.25) is 0 Å². The monoisotopic (exact) mass is 433 g/mol. The number of rotatable bonds is 6. The van der Waals surface area contributed by atoms with Crippen molar-refractivity contribution in [2.75, 3.05) is 6.26 Å². The number of aryl methyl sites for hydroxylation is 1. The summed E-state index contributed by atoms with van der Waals surface area (Å²) in [7, 11) is -3.37. The minimum Gasteiger partial charge on any atom is -0.451 e. The van der Waals surface area contributed by atoms with Gasteiger partial charge in [0.15, 0.2) is 15.6 Å². The van der Waals surface area contributed by atoms with E-state index in [9.17, 15) is 13.2 Å². The molecule has 0 aliphatic heterocycles. The summed E-state index contributed by atoms with van der Waals surface area (Å²) in [6, 6.07) is 24.3. The Hall–Kier alpha value is -3.38. The summed E-state index contributed by atoms with van der Waals surface area (Å²) in [5.41, 5.74) is 3.82. The van der Waals surface area contributed by atoms with Crippen LogP contribution in [0.25, 0.3) is 11.0 Å². The van der Waals surface area contributed by atoms with Gasteiger partial charge in [0, 0.05) is 17.2 Å². The van der Waals surface area contributed by atoms with Crippen molar-refractivity contribution in [1.29, 1.82) is 0 Å². The molecule has 0 spiro atoms. The molecule has 0 aliphatic carbocycles. The molecule has 1 unspecified atom stereocenters. The highest BCUT2D eigenvalue weighted by molar-refractivity contribution is 7.89. The van der Waals surface area contributed by atoms with Crippen LogP contribution < -0.4 is 5.32 Å². The number of fused-ring (bicyclic) bond motifs is 1. The molecule has 6 heteroatoms. The molecule has 31 heavy (non-hydrogen) atoms. The maximum atomic E-state index is 13.3. The van der Waals surface area contributed by atoms with E-state index in [1.165, 1.54) is 0 Å². The second-order valence-corrected chi connectivity index (χ2v) is 9.84. The lowest BCUT2D eigenvalue weighted by Gasteiger charge is -2.20. The van der Waals surface area contributed by atoms with Crippen molar-refractivity contribution < 1.29 is 17.6 Å². The van der Waals surface area contributed by atoms with Gasteiger partial charge < -0.3 is 9.73 Å². The zero-order valence-corrected chi connectivity index (χ0v) is 18.1. The molecule has 1 N–H and O–H groups in total. The number of hydrogen-bond acceptors (Lipinski definition) is 4. The molecule has 1 atom stereocenters. The van der Waals surface area contributed by atoms with Gasteiger partial charge in [-0.2, -0.15) is 0 Å². The molecule has 5 nitrogen and oxygen atoms in total. The van der Waals surface area contributed by atoms with Crippen LogP contribution in [0.5, 0.6) is 0 Å². The zero-order valence-electron chi connectivity index (χ0n) is 17.3. The van der Waals surface area contributed by atoms with Crippen LogP contribution in [-0.2, 0) is 15.6 Å². The van der Waals surface area contributed by atoms with Crippen LogP contribution in [0.15, 0.2) is 83.3 Å². The summed E-state index contributed by atoms with van der Waals surface area (Å²) in [6.07, 6.45) is 1.15. The molecule has 4 rings (SSSR count). The summed E-state index contributed by atoms with van der Waals surface area (Å²) >= 11 is 0. The SMILES string of the molecule is Cc1ccc(C(NC(=O)c2oc3ccccc3c2CS(C)(=O)=O)c2ccccc2)cc1. The number of furan rings is 1. The smallest absolute Gasteiger partial charge is 0.288 e. The zero-order chi connectivity index (χ0) is 22.0. The minimum atomic E-state index is -3.37. The Balaban J connectivity index is 1.76. The van der Waals surface area contributed by atoms with E-state index in [-0.39, 0.29) is 11.5 Å². The third-order valence-corrected chi connectivity index (χ3v) is 5.94. The number of nitrogens with one attached hydrogen (secondary N) is 1. The van der Waals surface area contributed by atoms with Crippen molar-refractivity contribution in [3.63, 3.8) is 0 Å². The fraction of sp³-hybridized carbons (Fsp3) is 0.160. The van der Waals surface area contributed by atoms with Gasteiger partial charge in [-0.1, -0.05) is 78.4 Å². The quantitative estimate of drug-likeness (QED) is 0.474. The number of sulfone groups is 1. The predicted molar refractivity (Wildman–Crippen MR) is 122 cm³/mol. The van der Waals surface area contributed by atoms with Crippen molar-refractivity contribution in [3.8, 4) is 0 Å². The number of hydrogen-bond donors (Lipinski definition) is 1. The van der Waals surface area contributed by atoms with Crippen molar-refractivity contribution in [2.24, 2.45) is 0 Å². The predicted octanol–water partition coefficient (Wildman–Crippen LogP) is 4.81. The second-order valence-electron chi connectivity index (χ2n) is 7.70. The van der Waals surface area contributed by atoms with E-state index < -0.39 is 21.8 Å². The van der Waals surface area contributed by atoms with Gasteiger partial charge in [-0.3, -0.25) is 4.79 Å². The molecule has 0 radical (unpaired) electrons. The van der Waals surface area contributed by atoms with Gasteiger partial charge >= 0.3 is 0 Å². The van der Waals surface area contributed by atoms with Gasteiger partial charge in [-0.05, 0) is 24.1 Å². The molecule has 4 aromatic rings. The lowest BCUT2D eigenvalue weighted by Crippen LogP contribution is -2.30. The van der Waals surface area contributed by atoms with Crippen LogP contribution in [0, 0.1) is 6.92 Å². The van der Waals surface area contributed by atoms with Crippen LogP contribution in [0.4, 0.5) is 0 Å². The normalized spacial score (nSPS) is 12.6. The lowest BCUT2D eigenvalue weighted by molar-refractivity contribution is 0.0916. The van der Waals surface area contributed by atoms with Crippen LogP contribution in [-0.4, -0.2) is 20.6 Å². The molecular formula is C25H23NO4S. The molecule has 1 aromatic heterocycles. The number of carbonyl (C=O) groups is 1. The standard InChI is InChI=1S/C25H23NO4S/c1-17-12-14-19(15-13-17)23(18-8-4-3-5-9-18)26-25(27)24-21(16-31(2,28)29)20-10-6-7-11-22(20)30-24/h3-15,23H,16H2,1-2H3,(H,26,27). The topological polar surface area (TPSA) is 76.4 Å². The van der Waals surface area contributed by atoms with Gasteiger partial charge in [0.1, 0.15) is 5.58 Å². The summed E-state index contributed by atoms with van der Waals surface area (Å²) in [5, 5.41) is 3.67. The highest BCUT2D eigenvalue weighted by Crippen LogP contribution is 2.29. The van der Waals surface area contributed by atoms with E-state index in [2.05, 4.69) is 5.32 Å². The molecule has 1 amide bonds. The molecule has 0 saturated carbocycles. The first-order chi connectivity index (χ1) is 14.8. The lowest BCUT2D eigenvalue weighted by atomic mass is 9.97. The van der Waals surface area contributed by atoms with E-state index in [1.54, 1.807) is 24.3 Å². The summed E-state index contributed by atoms with van der Waals surface area (Å²) in [4.78, 5) is 13.3. The van der Waals surface area contributed by atoms with Crippen LogP contribution in [0.3, 0.4) is 0 Å². The maximum absolute atomic E-state index is 13.3. The fourth-order valence-electron chi connectivity index (χ4n) is 3.65. The Morgan fingerprint density at radius 1 is 0.903 bits per heavy atom. The van der Waals surface area contributed by atoms with Crippen LogP contribution >= 0.6 is 0 Å². The maximum Gasteiger partial charge on any atom is 0.288 e. The Morgan fingerprint density at radius 3 is 2.19 bits per heavy atom. The highest BCUT2D eigenvalue weighted by Gasteiger charge is 2.26. The number of carbonyl (C=O) groups excluding carboxylic acids is 1. The van der Waals surface area contributed by atoms with E-state index >= 15 is 0 Å². The summed E-state index contributed by atoms with van der Waals surface area (Å²) in [5.74, 6) is -0.697. The first-order valence-electron chi connectivity index (χ1n) is 9.92. The summed E-state index contributed by atoms with van der Waals surface area (Å²) < 4.78 is 29.9. The molecule has 0 bridgehead atoms.